The van der Waals surface area contributed by atoms with Gasteiger partial charge in [0.1, 0.15) is 23.4 Å². The van der Waals surface area contributed by atoms with Gasteiger partial charge in [0.15, 0.2) is 6.61 Å². The van der Waals surface area contributed by atoms with Crippen LogP contribution in [0.1, 0.15) is 77.5 Å². The highest BCUT2D eigenvalue weighted by molar-refractivity contribution is 6.00. The van der Waals surface area contributed by atoms with Gasteiger partial charge in [-0.25, -0.2) is 4.84 Å². The predicted octanol–water partition coefficient (Wildman–Crippen LogP) is 4.46. The van der Waals surface area contributed by atoms with Crippen LogP contribution in [0.4, 0.5) is 0 Å². The van der Waals surface area contributed by atoms with E-state index in [4.69, 9.17) is 9.57 Å². The smallest absolute Gasteiger partial charge is 0.326 e. The summed E-state index contributed by atoms with van der Waals surface area (Å²) in [6.45, 7) is 13.1. The third kappa shape index (κ3) is 8.75. The molecule has 3 fully saturated rings. The van der Waals surface area contributed by atoms with Crippen molar-refractivity contribution >= 4 is 34.5 Å². The third-order valence-electron chi connectivity index (χ3n) is 14.1. The van der Waals surface area contributed by atoms with Gasteiger partial charge in [-0.1, -0.05) is 39.8 Å². The van der Waals surface area contributed by atoms with E-state index < -0.39 is 46.3 Å². The number of hydrogen-bond donors (Lipinski definition) is 4. The number of carbonyl (C=O) groups is 4. The van der Waals surface area contributed by atoms with Crippen LogP contribution >= 0.6 is 0 Å². The molecule has 66 heavy (non-hydrogen) atoms. The minimum atomic E-state index is -1.32. The monoisotopic (exact) mass is 906 g/mol. The molecule has 17 heteroatoms. The molecule has 352 valence electrons. The van der Waals surface area contributed by atoms with E-state index >= 15 is 0 Å². The molecular weight excluding hydrogens is 843 g/mol. The molecule has 2 aromatic heterocycles. The summed E-state index contributed by atoms with van der Waals surface area (Å²) in [5.41, 5.74) is 7.64. The number of aromatic hydroxyl groups is 1. The van der Waals surface area contributed by atoms with Crippen molar-refractivity contribution in [3.05, 3.63) is 76.5 Å². The third-order valence-corrected chi connectivity index (χ3v) is 14.1. The molecule has 1 unspecified atom stereocenters. The standard InChI is InChI=1S/C49H63N9O8/c1-10-56-39-14-13-31-22-35(39)36(43(56)37-24-50-16-15-32(37)26-65-9)23-47(3,4)28-66-58(64)40-12-11-17-57(53-40)44(61)38(20-30-18-33(31)21-34(59)19-30)52-46(63)49(27-48(49,5)6)55(8)41(60)25-54(7)45(62)42-29(2)51-42/h13-16,18-19,21-22,24,29,38,40,42,51,53H,10-12,17,20,23,25-28H2,1-9H3,(H-,52,59,63)/p+1/t29-,38-,40+,42-,49?/m0/s1. The van der Waals surface area contributed by atoms with Gasteiger partial charge in [0.2, 0.25) is 22.6 Å². The summed E-state index contributed by atoms with van der Waals surface area (Å²) in [5.74, 6) is -1.64. The van der Waals surface area contributed by atoms with Crippen molar-refractivity contribution in [1.82, 2.24) is 40.4 Å². The number of carbonyl (C=O) groups excluding carboxylic acids is 4. The van der Waals surface area contributed by atoms with Gasteiger partial charge >= 0.3 is 6.17 Å². The van der Waals surface area contributed by atoms with Gasteiger partial charge in [0.25, 0.3) is 5.91 Å². The van der Waals surface area contributed by atoms with Gasteiger partial charge in [0, 0.05) is 87.5 Å². The van der Waals surface area contributed by atoms with Crippen molar-refractivity contribution in [2.45, 2.75) is 117 Å². The average Bonchev–Trinajstić information content (AvgIpc) is 4.14. The number of aryl methyl sites for hydroxylation is 1. The summed E-state index contributed by atoms with van der Waals surface area (Å²) < 4.78 is 7.91. The van der Waals surface area contributed by atoms with Crippen molar-refractivity contribution < 1.29 is 38.8 Å². The zero-order valence-corrected chi connectivity index (χ0v) is 39.6. The van der Waals surface area contributed by atoms with Crippen LogP contribution in [-0.2, 0) is 54.7 Å². The molecule has 5 heterocycles. The molecule has 1 saturated carbocycles. The Labute approximate surface area is 385 Å². The highest BCUT2D eigenvalue weighted by Crippen LogP contribution is 2.59. The number of ether oxygens (including phenoxy) is 1. The first-order chi connectivity index (χ1) is 31.3. The minimum Gasteiger partial charge on any atom is -0.508 e. The van der Waals surface area contributed by atoms with Crippen LogP contribution in [0.15, 0.2) is 54.9 Å². The molecule has 4 aliphatic rings. The first-order valence-electron chi connectivity index (χ1n) is 22.9. The minimum absolute atomic E-state index is 0.0165. The normalized spacial score (nSPS) is 24.5. The number of hydrogen-bond acceptors (Lipinski definition) is 11. The lowest BCUT2D eigenvalue weighted by atomic mass is 9.84. The van der Waals surface area contributed by atoms with Crippen LogP contribution in [-0.4, -0.2) is 129 Å². The summed E-state index contributed by atoms with van der Waals surface area (Å²) in [4.78, 5) is 84.0. The molecule has 4 amide bonds. The number of phenolic OH excluding ortho intramolecular Hbond substituents is 1. The summed E-state index contributed by atoms with van der Waals surface area (Å²) >= 11 is 0. The summed E-state index contributed by atoms with van der Waals surface area (Å²) in [7, 11) is 4.81. The second kappa shape index (κ2) is 17.7. The van der Waals surface area contributed by atoms with E-state index in [-0.39, 0.29) is 49.9 Å². The Morgan fingerprint density at radius 3 is 2.52 bits per heavy atom. The number of likely N-dealkylation sites (N-methyl/N-ethyl adjacent to an activating group) is 2. The van der Waals surface area contributed by atoms with Crippen LogP contribution in [0.2, 0.25) is 0 Å². The van der Waals surface area contributed by atoms with Crippen LogP contribution in [0.5, 0.6) is 5.75 Å². The molecule has 0 radical (unpaired) electrons. The quantitative estimate of drug-likeness (QED) is 0.164. The molecule has 17 nitrogen and oxygen atoms in total. The Morgan fingerprint density at radius 2 is 1.83 bits per heavy atom. The van der Waals surface area contributed by atoms with Gasteiger partial charge in [-0.15, -0.1) is 0 Å². The molecule has 3 aliphatic heterocycles. The van der Waals surface area contributed by atoms with Gasteiger partial charge in [0.05, 0.1) is 23.8 Å². The van der Waals surface area contributed by atoms with E-state index in [0.29, 0.717) is 54.9 Å². The molecule has 4 aromatic rings. The maximum atomic E-state index is 14.8. The Kier molecular flexibility index (Phi) is 12.5. The topological polar surface area (TPSA) is 201 Å². The van der Waals surface area contributed by atoms with E-state index in [1.54, 1.807) is 39.5 Å². The van der Waals surface area contributed by atoms with E-state index in [2.05, 4.69) is 58.5 Å². The fraction of sp³-hybridized carbons (Fsp3) is 0.531. The number of amides is 4. The number of pyridine rings is 1. The van der Waals surface area contributed by atoms with Crippen molar-refractivity contribution in [3.63, 3.8) is 0 Å². The number of benzene rings is 2. The Hall–Kier alpha value is -5.91. The van der Waals surface area contributed by atoms with Crippen LogP contribution in [0.25, 0.3) is 33.3 Å². The number of hydrazine groups is 1. The number of fused-ring (bicyclic) bond motifs is 6. The fourth-order valence-corrected chi connectivity index (χ4v) is 10.2. The zero-order valence-electron chi connectivity index (χ0n) is 39.6. The fourth-order valence-electron chi connectivity index (χ4n) is 10.2. The van der Waals surface area contributed by atoms with Crippen LogP contribution < -0.4 is 16.1 Å². The van der Waals surface area contributed by atoms with E-state index in [9.17, 15) is 29.2 Å². The summed E-state index contributed by atoms with van der Waals surface area (Å²) in [5, 5.41) is 19.8. The molecule has 8 rings (SSSR count). The molecule has 4 N–H and O–H groups in total. The lowest BCUT2D eigenvalue weighted by molar-refractivity contribution is -0.835. The molecular formula is C49H64N9O8+. The maximum absolute atomic E-state index is 14.8. The zero-order chi connectivity index (χ0) is 47.5. The summed E-state index contributed by atoms with van der Waals surface area (Å²) in [6.07, 6.45) is 4.45. The van der Waals surface area contributed by atoms with Crippen molar-refractivity contribution in [1.29, 1.82) is 0 Å². The van der Waals surface area contributed by atoms with Gasteiger partial charge in [-0.3, -0.25) is 34.5 Å². The number of rotatable bonds is 10. The number of aromatic nitrogens is 2. The molecule has 2 aromatic carbocycles. The first-order valence-corrected chi connectivity index (χ1v) is 22.9. The highest BCUT2D eigenvalue weighted by Gasteiger charge is 2.70. The lowest BCUT2D eigenvalue weighted by Crippen LogP contribution is -2.63. The number of methoxy groups -OCH3 is 1. The average molecular weight is 907 g/mol. The highest BCUT2D eigenvalue weighted by atomic mass is 16.8. The van der Waals surface area contributed by atoms with Gasteiger partial charge in [-0.2, -0.15) is 5.43 Å². The Balaban J connectivity index is 1.19. The van der Waals surface area contributed by atoms with Crippen molar-refractivity contribution in [2.75, 3.05) is 40.9 Å². The second-order valence-electron chi connectivity index (χ2n) is 20.1. The van der Waals surface area contributed by atoms with E-state index in [1.165, 1.54) is 14.8 Å². The maximum Gasteiger partial charge on any atom is 0.326 e. The number of nitrogens with zero attached hydrogens (tertiary/aromatic N) is 6. The lowest BCUT2D eigenvalue weighted by Gasteiger charge is -2.35. The van der Waals surface area contributed by atoms with Crippen LogP contribution in [0.3, 0.4) is 0 Å². The SMILES string of the molecule is CCn1c(-c2cnccc2COC)c2c3cc(ccc31)-c1cc(O)cc(c1)C[C@H](NC(=O)C1(N(C)C(=O)CN(C)C(=O)[C@H]3N[C@H]3C)CC1(C)C)C(=O)N1CCC[C@H](N1)[N+](=O)OCC(C)(C)C2. The molecule has 1 aliphatic carbocycles. The first kappa shape index (κ1) is 46.6. The summed E-state index contributed by atoms with van der Waals surface area (Å²) in [6, 6.07) is 11.9. The Morgan fingerprint density at radius 1 is 1.09 bits per heavy atom. The van der Waals surface area contributed by atoms with Crippen molar-refractivity contribution in [2.24, 2.45) is 10.8 Å². The molecule has 2 saturated heterocycles. The largest absolute Gasteiger partial charge is 0.508 e. The number of phenols is 1. The van der Waals surface area contributed by atoms with Gasteiger partial charge < -0.3 is 29.5 Å². The Bertz CT molecular complexity index is 2590. The number of nitrogens with one attached hydrogen (secondary N) is 3. The predicted molar refractivity (Wildman–Crippen MR) is 247 cm³/mol. The molecule has 5 atom stereocenters. The van der Waals surface area contributed by atoms with E-state index in [0.717, 1.165) is 38.9 Å². The molecule has 6 bridgehead atoms. The van der Waals surface area contributed by atoms with Gasteiger partial charge in [-0.05, 0) is 96.7 Å². The molecule has 0 spiro atoms. The van der Waals surface area contributed by atoms with E-state index in [1.807, 2.05) is 45.2 Å². The van der Waals surface area contributed by atoms with Crippen LogP contribution in [0, 0.1) is 15.7 Å². The van der Waals surface area contributed by atoms with Crippen molar-refractivity contribution in [3.8, 4) is 28.1 Å². The second-order valence-corrected chi connectivity index (χ2v) is 20.1.